The summed E-state index contributed by atoms with van der Waals surface area (Å²) in [4.78, 5) is 43.3. The van der Waals surface area contributed by atoms with Crippen molar-refractivity contribution in [1.29, 1.82) is 0 Å². The van der Waals surface area contributed by atoms with Crippen molar-refractivity contribution >= 4 is 23.5 Å². The standard InChI is InChI=1S/C7H12N8O6/c1-3(16)5(4(2)17)13(7(9)12-15(20)21)10-6(8)11-14(18)19/h5H,1-2H3,(H2,9,12)(H3,8,10,11). The molecule has 0 radical (unpaired) electrons. The largest absolute Gasteiger partial charge is 0.363 e. The minimum Gasteiger partial charge on any atom is -0.363 e. The molecule has 0 rings (SSSR count). The number of nitro groups is 2. The third kappa shape index (κ3) is 5.90. The molecule has 0 saturated carbocycles. The third-order valence-electron chi connectivity index (χ3n) is 1.88. The molecule has 14 nitrogen and oxygen atoms in total. The van der Waals surface area contributed by atoms with E-state index in [1.807, 2.05) is 5.43 Å². The van der Waals surface area contributed by atoms with Gasteiger partial charge in [0.05, 0.1) is 0 Å². The molecule has 0 aromatic heterocycles. The van der Waals surface area contributed by atoms with Gasteiger partial charge in [0.1, 0.15) is 10.2 Å². The van der Waals surface area contributed by atoms with E-state index in [2.05, 4.69) is 10.2 Å². The van der Waals surface area contributed by atoms with Crippen molar-refractivity contribution in [2.24, 2.45) is 21.7 Å². The molecular formula is C7H12N8O6. The Morgan fingerprint density at radius 2 is 1.52 bits per heavy atom. The average Bonchev–Trinajstić information content (AvgIpc) is 2.24. The van der Waals surface area contributed by atoms with Crippen LogP contribution in [-0.2, 0) is 9.59 Å². The van der Waals surface area contributed by atoms with Gasteiger partial charge in [-0.2, -0.15) is 0 Å². The molecule has 0 aliphatic rings. The van der Waals surface area contributed by atoms with E-state index < -0.39 is 39.6 Å². The van der Waals surface area contributed by atoms with Gasteiger partial charge in [-0.3, -0.25) is 15.0 Å². The Labute approximate surface area is 116 Å². The molecule has 0 unspecified atom stereocenters. The predicted octanol–water partition coefficient (Wildman–Crippen LogP) is -2.65. The summed E-state index contributed by atoms with van der Waals surface area (Å²) in [7, 11) is 0. The summed E-state index contributed by atoms with van der Waals surface area (Å²) in [6.07, 6.45) is 0. The van der Waals surface area contributed by atoms with Crippen molar-refractivity contribution in [1.82, 2.24) is 10.4 Å². The van der Waals surface area contributed by atoms with Gasteiger partial charge in [0.25, 0.3) is 11.9 Å². The number of nitrogens with one attached hydrogen (secondary N) is 1. The van der Waals surface area contributed by atoms with E-state index in [0.717, 1.165) is 13.8 Å². The van der Waals surface area contributed by atoms with E-state index in [0.29, 0.717) is 5.01 Å². The Morgan fingerprint density at radius 3 is 1.86 bits per heavy atom. The van der Waals surface area contributed by atoms with Crippen molar-refractivity contribution in [2.45, 2.75) is 19.9 Å². The number of hydrogen-bond acceptors (Lipinski definition) is 6. The normalized spacial score (nSPS) is 12.0. The first kappa shape index (κ1) is 17.7. The molecule has 0 aromatic carbocycles. The van der Waals surface area contributed by atoms with Gasteiger partial charge in [-0.15, -0.1) is 0 Å². The second-order valence-corrected chi connectivity index (χ2v) is 3.52. The van der Waals surface area contributed by atoms with Crippen molar-refractivity contribution in [3.05, 3.63) is 20.2 Å². The van der Waals surface area contributed by atoms with E-state index in [4.69, 9.17) is 11.5 Å². The summed E-state index contributed by atoms with van der Waals surface area (Å²) < 4.78 is 0. The number of Topliss-reactive ketones (excluding diaryl/α,β-unsaturated/α-hetero) is 2. The van der Waals surface area contributed by atoms with Gasteiger partial charge in [-0.1, -0.05) is 0 Å². The Hall–Kier alpha value is -3.32. The molecule has 0 fully saturated rings. The molecule has 116 valence electrons. The average molecular weight is 304 g/mol. The summed E-state index contributed by atoms with van der Waals surface area (Å²) in [6.45, 7) is 2.00. The van der Waals surface area contributed by atoms with Gasteiger partial charge in [-0.05, 0) is 13.8 Å². The highest BCUT2D eigenvalue weighted by Gasteiger charge is 2.31. The molecule has 14 heteroatoms. The van der Waals surface area contributed by atoms with E-state index in [-0.39, 0.29) is 0 Å². The number of nitrogens with zero attached hydrogens (tertiary/aromatic N) is 5. The Balaban J connectivity index is 5.67. The zero-order valence-electron chi connectivity index (χ0n) is 10.9. The van der Waals surface area contributed by atoms with Gasteiger partial charge in [-0.25, -0.2) is 25.2 Å². The van der Waals surface area contributed by atoms with Gasteiger partial charge in [0.15, 0.2) is 27.7 Å². The number of rotatable bonds is 5. The molecular weight excluding hydrogens is 292 g/mol. The second kappa shape index (κ2) is 7.31. The lowest BCUT2D eigenvalue weighted by molar-refractivity contribution is -0.486. The highest BCUT2D eigenvalue weighted by atomic mass is 16.7. The molecule has 0 amide bonds. The van der Waals surface area contributed by atoms with Crippen LogP contribution in [0.4, 0.5) is 0 Å². The van der Waals surface area contributed by atoms with Crippen molar-refractivity contribution in [2.75, 3.05) is 0 Å². The maximum Gasteiger partial charge on any atom is 0.288 e. The van der Waals surface area contributed by atoms with Crippen molar-refractivity contribution in [3.63, 3.8) is 0 Å². The quantitative estimate of drug-likeness (QED) is 0.158. The lowest BCUT2D eigenvalue weighted by atomic mass is 10.1. The zero-order chi connectivity index (χ0) is 16.7. The lowest BCUT2D eigenvalue weighted by Crippen LogP contribution is -2.61. The smallest absolute Gasteiger partial charge is 0.288 e. The maximum absolute atomic E-state index is 11.4. The number of guanidine groups is 2. The monoisotopic (exact) mass is 304 g/mol. The number of hydrogen-bond donors (Lipinski definition) is 3. The number of hydrazone groups is 2. The first-order chi connectivity index (χ1) is 9.56. The highest BCUT2D eigenvalue weighted by Crippen LogP contribution is 2.00. The van der Waals surface area contributed by atoms with Crippen LogP contribution in [0.5, 0.6) is 0 Å². The second-order valence-electron chi connectivity index (χ2n) is 3.52. The number of hydrazine groups is 1. The fourth-order valence-corrected chi connectivity index (χ4v) is 1.27. The van der Waals surface area contributed by atoms with E-state index in [1.165, 1.54) is 0 Å². The molecule has 0 atom stereocenters. The van der Waals surface area contributed by atoms with Crippen LogP contribution in [-0.4, -0.2) is 44.6 Å². The van der Waals surface area contributed by atoms with Crippen LogP contribution in [0.15, 0.2) is 10.2 Å². The van der Waals surface area contributed by atoms with Crippen LogP contribution in [0.1, 0.15) is 13.8 Å². The Bertz CT molecular complexity index is 513. The van der Waals surface area contributed by atoms with Crippen LogP contribution in [0.25, 0.3) is 0 Å². The fourth-order valence-electron chi connectivity index (χ4n) is 1.27. The molecule has 5 N–H and O–H groups in total. The van der Waals surface area contributed by atoms with Gasteiger partial charge >= 0.3 is 0 Å². The van der Waals surface area contributed by atoms with Crippen LogP contribution in [0.2, 0.25) is 0 Å². The first-order valence-corrected chi connectivity index (χ1v) is 5.10. The van der Waals surface area contributed by atoms with Crippen LogP contribution in [0.3, 0.4) is 0 Å². The minimum atomic E-state index is -1.63. The van der Waals surface area contributed by atoms with Gasteiger partial charge in [0, 0.05) is 0 Å². The number of nitrogens with two attached hydrogens (primary N) is 2. The molecule has 0 spiro atoms. The summed E-state index contributed by atoms with van der Waals surface area (Å²) >= 11 is 0. The lowest BCUT2D eigenvalue weighted by Gasteiger charge is -2.27. The topological polar surface area (TPSA) is 212 Å². The zero-order valence-corrected chi connectivity index (χ0v) is 10.9. The number of carbonyl (C=O) groups excluding carboxylic acids is 2. The molecule has 0 heterocycles. The third-order valence-corrected chi connectivity index (χ3v) is 1.88. The molecule has 0 saturated heterocycles. The predicted molar refractivity (Wildman–Crippen MR) is 67.4 cm³/mol. The highest BCUT2D eigenvalue weighted by molar-refractivity contribution is 6.07. The van der Waals surface area contributed by atoms with E-state index >= 15 is 0 Å². The van der Waals surface area contributed by atoms with Crippen LogP contribution < -0.4 is 16.9 Å². The van der Waals surface area contributed by atoms with Gasteiger partial charge < -0.3 is 11.5 Å². The molecule has 21 heavy (non-hydrogen) atoms. The van der Waals surface area contributed by atoms with E-state index in [1.54, 1.807) is 0 Å². The Morgan fingerprint density at radius 1 is 1.10 bits per heavy atom. The summed E-state index contributed by atoms with van der Waals surface area (Å²) in [5.41, 5.74) is 12.3. The maximum atomic E-state index is 11.4. The molecule has 0 aliphatic heterocycles. The number of carbonyl (C=O) groups is 2. The first-order valence-electron chi connectivity index (χ1n) is 5.10. The summed E-state index contributed by atoms with van der Waals surface area (Å²) in [5.74, 6) is -3.30. The van der Waals surface area contributed by atoms with Crippen molar-refractivity contribution in [3.8, 4) is 0 Å². The van der Waals surface area contributed by atoms with Crippen LogP contribution in [0, 0.1) is 20.2 Å². The minimum absolute atomic E-state index is 0.413. The number of ketones is 2. The summed E-state index contributed by atoms with van der Waals surface area (Å²) in [5, 5.41) is 23.8. The Kier molecular flexibility index (Phi) is 6.16. The molecule has 0 aliphatic carbocycles. The SMILES string of the molecule is CC(=O)C(C(C)=O)N(N/C(N)=N\[N+](=O)[O-])/C(N)=N\[N+](=O)[O-]. The van der Waals surface area contributed by atoms with Crippen LogP contribution >= 0.6 is 0 Å². The van der Waals surface area contributed by atoms with Crippen molar-refractivity contribution < 1.29 is 19.7 Å². The molecule has 0 bridgehead atoms. The van der Waals surface area contributed by atoms with Gasteiger partial charge in [0.2, 0.25) is 0 Å². The summed E-state index contributed by atoms with van der Waals surface area (Å²) in [6, 6.07) is -1.63. The molecule has 0 aromatic rings. The fraction of sp³-hybridized carbons (Fsp3) is 0.429. The van der Waals surface area contributed by atoms with E-state index in [9.17, 15) is 29.8 Å².